The fourth-order valence-electron chi connectivity index (χ4n) is 11.6. The zero-order valence-corrected chi connectivity index (χ0v) is 45.3. The number of methoxy groups -OCH3 is 1. The first-order chi connectivity index (χ1) is 33.8. The van der Waals surface area contributed by atoms with Gasteiger partial charge in [0.15, 0.2) is 0 Å². The number of pyridine rings is 1. The van der Waals surface area contributed by atoms with Crippen molar-refractivity contribution in [1.82, 2.24) is 40.0 Å². The van der Waals surface area contributed by atoms with E-state index in [0.29, 0.717) is 68.8 Å². The van der Waals surface area contributed by atoms with Crippen molar-refractivity contribution in [1.29, 1.82) is 0 Å². The molecule has 8 rings (SSSR count). The van der Waals surface area contributed by atoms with Crippen LogP contribution in [0.25, 0.3) is 33.3 Å². The number of hydrogen-bond acceptors (Lipinski definition) is 9. The maximum Gasteiger partial charge on any atom is 0.323 e. The van der Waals surface area contributed by atoms with Crippen LogP contribution in [0.1, 0.15) is 96.6 Å². The van der Waals surface area contributed by atoms with Crippen LogP contribution in [0, 0.1) is 16.7 Å². The number of urea groups is 1. The number of amides is 5. The number of likely N-dealkylation sites (N-methyl/N-ethyl adjacent to an activating group) is 1. The molecule has 2 N–H and O–H groups in total. The van der Waals surface area contributed by atoms with E-state index in [9.17, 15) is 24.0 Å². The fraction of sp³-hybridized carbons (Fsp3) is 0.527. The number of rotatable bonds is 9. The van der Waals surface area contributed by atoms with Crippen LogP contribution < -0.4 is 10.7 Å². The molecule has 71 heavy (non-hydrogen) atoms. The standard InChI is InChI=1S/C55H74N8O7Si/c1-10-45(64)61-28-23-54(33-61)21-26-60(27-22-54)52(68)59(8)47(35(3)4)49(65)57-43-30-37-15-12-16-38(29-37)39-18-19-44-41(31-39)42(48(62(44)11-2)40-17-13-24-56-46(40)36(5)69-9)32-53(6,7)34-70-51(67)55(71)20-14-25-63(58-55)50(43)66/h10,12-13,15-19,24,29,31,35-36,43,47,58H,1,11,14,20-23,25-28,30,32-34H2,2-9,71H3,(H,57,65)/t36-,43-,47-,55-/m0/s1. The van der Waals surface area contributed by atoms with Crippen molar-refractivity contribution in [3.05, 3.63) is 90.3 Å². The number of hydrazine groups is 1. The van der Waals surface area contributed by atoms with Gasteiger partial charge in [0.2, 0.25) is 11.8 Å². The van der Waals surface area contributed by atoms with Gasteiger partial charge in [0, 0.05) is 98.2 Å². The number of nitrogens with one attached hydrogen (secondary N) is 2. The van der Waals surface area contributed by atoms with Gasteiger partial charge >= 0.3 is 12.0 Å². The molecule has 0 radical (unpaired) electrons. The van der Waals surface area contributed by atoms with Gasteiger partial charge in [-0.3, -0.25) is 29.2 Å². The zero-order chi connectivity index (χ0) is 51.0. The summed E-state index contributed by atoms with van der Waals surface area (Å²) >= 11 is 0. The Morgan fingerprint density at radius 1 is 1.00 bits per heavy atom. The van der Waals surface area contributed by atoms with Gasteiger partial charge in [0.05, 0.1) is 24.1 Å². The highest BCUT2D eigenvalue weighted by Crippen LogP contribution is 2.43. The first-order valence-electron chi connectivity index (χ1n) is 25.5. The van der Waals surface area contributed by atoms with Crippen molar-refractivity contribution in [2.45, 2.75) is 116 Å². The normalized spacial score (nSPS) is 22.3. The summed E-state index contributed by atoms with van der Waals surface area (Å²) in [7, 11) is 3.72. The molecular formula is C55H74N8O7Si. The Bertz CT molecular complexity index is 2690. The van der Waals surface area contributed by atoms with Crippen molar-refractivity contribution in [2.75, 3.05) is 53.5 Å². The van der Waals surface area contributed by atoms with Crippen LogP contribution in [0.3, 0.4) is 0 Å². The van der Waals surface area contributed by atoms with Gasteiger partial charge in [0.1, 0.15) is 17.2 Å². The molecule has 1 spiro atoms. The SMILES string of the molecule is C=CC(=O)N1CCC2(CCN(C(=O)N(C)[C@H](C(=O)N[C@H]3Cc4cccc(c4)-c4ccc5c(c4)c(c(-c4cccnc4[C@H](C)OC)n5CC)CC(C)(C)COC(=O)[C@@]4([SiH3])CCCN(N4)C3=O)C(C)C)CC2)C1. The Labute approximate surface area is 422 Å². The number of carbonyl (C=O) groups excluding carboxylic acids is 5. The first-order valence-corrected chi connectivity index (χ1v) is 26.5. The molecule has 2 aromatic heterocycles. The Balaban J connectivity index is 1.14. The maximum absolute atomic E-state index is 15.0. The van der Waals surface area contributed by atoms with Crippen LogP contribution in [-0.2, 0) is 48.0 Å². The predicted octanol–water partition coefficient (Wildman–Crippen LogP) is 6.02. The summed E-state index contributed by atoms with van der Waals surface area (Å²) in [6, 6.07) is 16.6. The number of aromatic nitrogens is 2. The van der Waals surface area contributed by atoms with Gasteiger partial charge < -0.3 is 34.1 Å². The monoisotopic (exact) mass is 987 g/mol. The molecular weight excluding hydrogens is 913 g/mol. The highest BCUT2D eigenvalue weighted by Gasteiger charge is 2.46. The molecule has 16 heteroatoms. The lowest BCUT2D eigenvalue weighted by atomic mass is 9.78. The van der Waals surface area contributed by atoms with E-state index in [1.165, 1.54) is 16.0 Å². The number of likely N-dealkylation sites (tertiary alicyclic amines) is 2. The quantitative estimate of drug-likeness (QED) is 0.116. The van der Waals surface area contributed by atoms with Gasteiger partial charge in [-0.15, -0.1) is 0 Å². The zero-order valence-electron chi connectivity index (χ0n) is 43.3. The first kappa shape index (κ1) is 51.5. The van der Waals surface area contributed by atoms with Gasteiger partial charge in [-0.2, -0.15) is 0 Å². The molecule has 6 bridgehead atoms. The Morgan fingerprint density at radius 3 is 2.41 bits per heavy atom. The minimum Gasteiger partial charge on any atom is -0.464 e. The fourth-order valence-corrected chi connectivity index (χ4v) is 12.4. The van der Waals surface area contributed by atoms with Crippen molar-refractivity contribution in [3.8, 4) is 22.4 Å². The predicted molar refractivity (Wildman–Crippen MR) is 279 cm³/mol. The van der Waals surface area contributed by atoms with Crippen LogP contribution in [0.15, 0.2) is 73.4 Å². The van der Waals surface area contributed by atoms with Crippen molar-refractivity contribution in [2.24, 2.45) is 16.7 Å². The number of aryl methyl sites for hydroxylation is 1. The molecule has 3 fully saturated rings. The Hall–Kier alpha value is -5.84. The van der Waals surface area contributed by atoms with Crippen LogP contribution in [-0.4, -0.2) is 140 Å². The molecule has 5 amide bonds. The molecule has 4 atom stereocenters. The van der Waals surface area contributed by atoms with E-state index in [0.717, 1.165) is 69.4 Å². The smallest absolute Gasteiger partial charge is 0.323 e. The lowest BCUT2D eigenvalue weighted by molar-refractivity contribution is -0.158. The summed E-state index contributed by atoms with van der Waals surface area (Å²) in [6.45, 7) is 19.4. The summed E-state index contributed by atoms with van der Waals surface area (Å²) in [6.07, 6.45) is 7.16. The number of fused-ring (bicyclic) bond motifs is 6. The summed E-state index contributed by atoms with van der Waals surface area (Å²) in [4.78, 5) is 80.7. The topological polar surface area (TPSA) is 159 Å². The largest absolute Gasteiger partial charge is 0.464 e. The highest BCUT2D eigenvalue weighted by atomic mass is 28.1. The molecule has 3 saturated heterocycles. The number of nitrogens with zero attached hydrogens (tertiary/aromatic N) is 6. The lowest BCUT2D eigenvalue weighted by Crippen LogP contribution is -2.67. The molecule has 2 aromatic carbocycles. The summed E-state index contributed by atoms with van der Waals surface area (Å²) < 4.78 is 14.5. The Kier molecular flexibility index (Phi) is 15.0. The van der Waals surface area contributed by atoms with E-state index in [4.69, 9.17) is 14.5 Å². The minimum absolute atomic E-state index is 0.0359. The van der Waals surface area contributed by atoms with Gasteiger partial charge in [-0.1, -0.05) is 64.6 Å². The molecule has 0 aliphatic carbocycles. The molecule has 4 aromatic rings. The van der Waals surface area contributed by atoms with E-state index in [-0.39, 0.29) is 48.3 Å². The molecule has 4 aliphatic rings. The molecule has 6 heterocycles. The number of cyclic esters (lactones) is 1. The number of hydrogen-bond donors (Lipinski definition) is 2. The Morgan fingerprint density at radius 2 is 1.72 bits per heavy atom. The summed E-state index contributed by atoms with van der Waals surface area (Å²) in [5.41, 5.74) is 10.7. The summed E-state index contributed by atoms with van der Waals surface area (Å²) in [5, 5.41) is 4.64. The number of piperidine rings is 1. The van der Waals surface area contributed by atoms with Crippen molar-refractivity contribution in [3.63, 3.8) is 0 Å². The molecule has 0 unspecified atom stereocenters. The second-order valence-electron chi connectivity index (χ2n) is 21.8. The average Bonchev–Trinajstić information content (AvgIpc) is 3.91. The third kappa shape index (κ3) is 10.4. The minimum atomic E-state index is -1.08. The third-order valence-corrected chi connectivity index (χ3v) is 16.8. The molecule has 380 valence electrons. The second-order valence-corrected chi connectivity index (χ2v) is 23.5. The van der Waals surface area contributed by atoms with Crippen LogP contribution in [0.5, 0.6) is 0 Å². The average molecular weight is 987 g/mol. The number of esters is 1. The van der Waals surface area contributed by atoms with E-state index in [1.54, 1.807) is 25.3 Å². The summed E-state index contributed by atoms with van der Waals surface area (Å²) in [5.74, 6) is -1.55. The number of ether oxygens (including phenoxy) is 2. The lowest BCUT2D eigenvalue weighted by Gasteiger charge is -2.42. The van der Waals surface area contributed by atoms with Crippen LogP contribution in [0.4, 0.5) is 4.79 Å². The van der Waals surface area contributed by atoms with Crippen LogP contribution in [0.2, 0.25) is 0 Å². The van der Waals surface area contributed by atoms with E-state index in [2.05, 4.69) is 79.1 Å². The van der Waals surface area contributed by atoms with E-state index < -0.39 is 34.5 Å². The second kappa shape index (κ2) is 20.7. The highest BCUT2D eigenvalue weighted by molar-refractivity contribution is 6.27. The third-order valence-electron chi connectivity index (χ3n) is 15.7. The van der Waals surface area contributed by atoms with Gasteiger partial charge in [-0.05, 0) is 116 Å². The number of carbonyl (C=O) groups is 5. The van der Waals surface area contributed by atoms with Gasteiger partial charge in [-0.25, -0.2) is 10.2 Å². The van der Waals surface area contributed by atoms with Crippen molar-refractivity contribution >= 4 is 50.9 Å². The van der Waals surface area contributed by atoms with Crippen LogP contribution >= 0.6 is 0 Å². The van der Waals surface area contributed by atoms with Crippen molar-refractivity contribution < 1.29 is 33.4 Å². The molecule has 0 saturated carbocycles. The van der Waals surface area contributed by atoms with E-state index in [1.807, 2.05) is 43.9 Å². The van der Waals surface area contributed by atoms with E-state index >= 15 is 0 Å². The molecule has 4 aliphatic heterocycles. The maximum atomic E-state index is 15.0. The molecule has 15 nitrogen and oxygen atoms in total. The number of benzene rings is 2. The van der Waals surface area contributed by atoms with Gasteiger partial charge in [0.25, 0.3) is 5.91 Å².